The van der Waals surface area contributed by atoms with E-state index >= 15 is 0 Å². The number of halogens is 3. The molecule has 0 N–H and O–H groups in total. The van der Waals surface area contributed by atoms with E-state index in [2.05, 4.69) is 5.10 Å². The number of fused-ring (bicyclic) bond motifs is 1. The SMILES string of the molecule is Cn1nc(-c2ccccc2)c2cc(C(F)(F)F)cc(-c3ccccc3)c21. The Kier molecular flexibility index (Phi) is 3.80. The summed E-state index contributed by atoms with van der Waals surface area (Å²) in [6.45, 7) is 0. The Bertz CT molecular complexity index is 1070. The molecule has 1 aromatic heterocycles. The number of alkyl halides is 3. The van der Waals surface area contributed by atoms with Gasteiger partial charge >= 0.3 is 6.18 Å². The number of hydrogen-bond donors (Lipinski definition) is 0. The van der Waals surface area contributed by atoms with Crippen LogP contribution in [0.2, 0.25) is 0 Å². The zero-order chi connectivity index (χ0) is 18.3. The minimum atomic E-state index is -4.43. The maximum Gasteiger partial charge on any atom is 0.416 e. The third kappa shape index (κ3) is 2.75. The van der Waals surface area contributed by atoms with Gasteiger partial charge in [-0.15, -0.1) is 0 Å². The summed E-state index contributed by atoms with van der Waals surface area (Å²) in [6, 6.07) is 20.8. The van der Waals surface area contributed by atoms with Gasteiger partial charge in [-0.2, -0.15) is 18.3 Å². The maximum absolute atomic E-state index is 13.5. The average Bonchev–Trinajstić information content (AvgIpc) is 2.99. The van der Waals surface area contributed by atoms with E-state index in [-0.39, 0.29) is 0 Å². The highest BCUT2D eigenvalue weighted by Crippen LogP contribution is 2.40. The second-order valence-electron chi connectivity index (χ2n) is 6.12. The van der Waals surface area contributed by atoms with Crippen molar-refractivity contribution in [3.05, 3.63) is 78.4 Å². The van der Waals surface area contributed by atoms with Crippen LogP contribution in [-0.4, -0.2) is 9.78 Å². The van der Waals surface area contributed by atoms with Crippen LogP contribution in [0.1, 0.15) is 5.56 Å². The normalized spacial score (nSPS) is 11.8. The van der Waals surface area contributed by atoms with Crippen LogP contribution in [0.15, 0.2) is 72.8 Å². The van der Waals surface area contributed by atoms with Gasteiger partial charge in [-0.3, -0.25) is 4.68 Å². The molecule has 4 rings (SSSR count). The molecule has 4 aromatic rings. The summed E-state index contributed by atoms with van der Waals surface area (Å²) in [5, 5.41) is 5.01. The van der Waals surface area contributed by atoms with E-state index < -0.39 is 11.7 Å². The van der Waals surface area contributed by atoms with Crippen molar-refractivity contribution in [1.82, 2.24) is 9.78 Å². The van der Waals surface area contributed by atoms with Crippen molar-refractivity contribution in [2.75, 3.05) is 0 Å². The molecule has 0 saturated heterocycles. The molecule has 0 aliphatic carbocycles. The first-order chi connectivity index (χ1) is 12.4. The molecule has 0 amide bonds. The zero-order valence-electron chi connectivity index (χ0n) is 14.0. The van der Waals surface area contributed by atoms with Crippen molar-refractivity contribution in [1.29, 1.82) is 0 Å². The van der Waals surface area contributed by atoms with Crippen LogP contribution in [0.3, 0.4) is 0 Å². The van der Waals surface area contributed by atoms with Gasteiger partial charge in [0.2, 0.25) is 0 Å². The van der Waals surface area contributed by atoms with Gasteiger partial charge in [0.05, 0.1) is 11.1 Å². The fourth-order valence-corrected chi connectivity index (χ4v) is 3.23. The number of benzene rings is 3. The fraction of sp³-hybridized carbons (Fsp3) is 0.0952. The highest BCUT2D eigenvalue weighted by molar-refractivity contribution is 6.02. The molecule has 1 heterocycles. The molecule has 3 aromatic carbocycles. The summed E-state index contributed by atoms with van der Waals surface area (Å²) in [5.74, 6) is 0. The van der Waals surface area contributed by atoms with Gasteiger partial charge in [0.1, 0.15) is 5.69 Å². The van der Waals surface area contributed by atoms with E-state index in [1.165, 1.54) is 12.1 Å². The Balaban J connectivity index is 2.10. The molecule has 0 atom stereocenters. The van der Waals surface area contributed by atoms with E-state index in [9.17, 15) is 13.2 Å². The highest BCUT2D eigenvalue weighted by atomic mass is 19.4. The van der Waals surface area contributed by atoms with Gasteiger partial charge in [-0.25, -0.2) is 0 Å². The molecule has 0 spiro atoms. The third-order valence-electron chi connectivity index (χ3n) is 4.40. The second kappa shape index (κ2) is 6.02. The monoisotopic (exact) mass is 352 g/mol. The van der Waals surface area contributed by atoms with E-state index in [0.29, 0.717) is 22.2 Å². The quantitative estimate of drug-likeness (QED) is 0.437. The topological polar surface area (TPSA) is 17.8 Å². The van der Waals surface area contributed by atoms with Crippen molar-refractivity contribution in [3.8, 4) is 22.4 Å². The summed E-state index contributed by atoms with van der Waals surface area (Å²) in [5.41, 5.74) is 2.60. The Hall–Kier alpha value is -3.08. The molecule has 0 radical (unpaired) electrons. The van der Waals surface area contributed by atoms with Gasteiger partial charge in [0, 0.05) is 23.6 Å². The van der Waals surface area contributed by atoms with E-state index in [4.69, 9.17) is 0 Å². The van der Waals surface area contributed by atoms with Crippen LogP contribution in [0.4, 0.5) is 13.2 Å². The molecule has 5 heteroatoms. The van der Waals surface area contributed by atoms with Crippen molar-refractivity contribution >= 4 is 10.9 Å². The Morgan fingerprint density at radius 2 is 1.38 bits per heavy atom. The zero-order valence-corrected chi connectivity index (χ0v) is 14.0. The lowest BCUT2D eigenvalue weighted by Gasteiger charge is -2.12. The van der Waals surface area contributed by atoms with Crippen molar-refractivity contribution in [2.24, 2.45) is 7.05 Å². The molecule has 0 fully saturated rings. The van der Waals surface area contributed by atoms with Crippen molar-refractivity contribution in [3.63, 3.8) is 0 Å². The standard InChI is InChI=1S/C21H15F3N2/c1-26-20-17(14-8-4-2-5-9-14)12-16(21(22,23)24)13-18(20)19(25-26)15-10-6-3-7-11-15/h2-13H,1H3. The Labute approximate surface area is 148 Å². The first-order valence-electron chi connectivity index (χ1n) is 8.14. The maximum atomic E-state index is 13.5. The fourth-order valence-electron chi connectivity index (χ4n) is 3.23. The van der Waals surface area contributed by atoms with Crippen LogP contribution in [0.25, 0.3) is 33.3 Å². The van der Waals surface area contributed by atoms with Crippen LogP contribution in [-0.2, 0) is 13.2 Å². The lowest BCUT2D eigenvalue weighted by molar-refractivity contribution is -0.137. The molecule has 26 heavy (non-hydrogen) atoms. The molecule has 0 bridgehead atoms. The predicted molar refractivity (Wildman–Crippen MR) is 96.6 cm³/mol. The van der Waals surface area contributed by atoms with Gasteiger partial charge in [-0.05, 0) is 17.7 Å². The van der Waals surface area contributed by atoms with Crippen LogP contribution < -0.4 is 0 Å². The number of rotatable bonds is 2. The van der Waals surface area contributed by atoms with Crippen molar-refractivity contribution < 1.29 is 13.2 Å². The van der Waals surface area contributed by atoms with Crippen LogP contribution in [0.5, 0.6) is 0 Å². The molecular weight excluding hydrogens is 337 g/mol. The predicted octanol–water partition coefficient (Wildman–Crippen LogP) is 5.93. The average molecular weight is 352 g/mol. The van der Waals surface area contributed by atoms with Gasteiger partial charge < -0.3 is 0 Å². The lowest BCUT2D eigenvalue weighted by atomic mass is 9.97. The van der Waals surface area contributed by atoms with Crippen molar-refractivity contribution in [2.45, 2.75) is 6.18 Å². The Morgan fingerprint density at radius 3 is 1.96 bits per heavy atom. The third-order valence-corrected chi connectivity index (χ3v) is 4.40. The number of aromatic nitrogens is 2. The van der Waals surface area contributed by atoms with Crippen LogP contribution in [0, 0.1) is 0 Å². The van der Waals surface area contributed by atoms with Gasteiger partial charge in [-0.1, -0.05) is 60.7 Å². The largest absolute Gasteiger partial charge is 0.416 e. The first kappa shape index (κ1) is 16.4. The first-order valence-corrected chi connectivity index (χ1v) is 8.14. The summed E-state index contributed by atoms with van der Waals surface area (Å²) >= 11 is 0. The minimum absolute atomic E-state index is 0.493. The summed E-state index contributed by atoms with van der Waals surface area (Å²) in [6.07, 6.45) is -4.43. The number of nitrogens with zero attached hydrogens (tertiary/aromatic N) is 2. The Morgan fingerprint density at radius 1 is 0.808 bits per heavy atom. The molecule has 0 aliphatic rings. The second-order valence-corrected chi connectivity index (χ2v) is 6.12. The summed E-state index contributed by atoms with van der Waals surface area (Å²) < 4.78 is 42.2. The molecule has 0 unspecified atom stereocenters. The number of hydrogen-bond acceptors (Lipinski definition) is 1. The molecular formula is C21H15F3N2. The molecule has 0 saturated carbocycles. The van der Waals surface area contributed by atoms with E-state index in [1.54, 1.807) is 11.7 Å². The van der Waals surface area contributed by atoms with E-state index in [1.807, 2.05) is 60.7 Å². The summed E-state index contributed by atoms with van der Waals surface area (Å²) in [7, 11) is 1.76. The molecule has 130 valence electrons. The minimum Gasteiger partial charge on any atom is -0.267 e. The lowest BCUT2D eigenvalue weighted by Crippen LogP contribution is -2.05. The van der Waals surface area contributed by atoms with Crippen LogP contribution >= 0.6 is 0 Å². The van der Waals surface area contributed by atoms with Gasteiger partial charge in [0.25, 0.3) is 0 Å². The smallest absolute Gasteiger partial charge is 0.267 e. The van der Waals surface area contributed by atoms with E-state index in [0.717, 1.165) is 11.1 Å². The summed E-state index contributed by atoms with van der Waals surface area (Å²) in [4.78, 5) is 0. The number of aryl methyl sites for hydroxylation is 1. The molecule has 2 nitrogen and oxygen atoms in total. The highest BCUT2D eigenvalue weighted by Gasteiger charge is 2.32. The molecule has 0 aliphatic heterocycles. The van der Waals surface area contributed by atoms with Gasteiger partial charge in [0.15, 0.2) is 0 Å².